The van der Waals surface area contributed by atoms with E-state index in [1.807, 2.05) is 18.2 Å². The lowest BCUT2D eigenvalue weighted by molar-refractivity contribution is 0.226. The largest absolute Gasteiger partial charge is 0.308 e. The molecule has 0 aliphatic carbocycles. The van der Waals surface area contributed by atoms with Gasteiger partial charge in [0.05, 0.1) is 0 Å². The van der Waals surface area contributed by atoms with Crippen molar-refractivity contribution in [2.75, 3.05) is 27.2 Å². The van der Waals surface area contributed by atoms with Gasteiger partial charge in [-0.25, -0.2) is 0 Å². The molecule has 0 spiro atoms. The first-order chi connectivity index (χ1) is 12.3. The van der Waals surface area contributed by atoms with Gasteiger partial charge in [0.25, 0.3) is 0 Å². The van der Waals surface area contributed by atoms with Crippen LogP contribution < -0.4 is 0 Å². The Balaban J connectivity index is 2.17. The smallest absolute Gasteiger partial charge is 0.0465 e. The van der Waals surface area contributed by atoms with E-state index in [0.29, 0.717) is 5.92 Å². The summed E-state index contributed by atoms with van der Waals surface area (Å²) < 4.78 is 0. The van der Waals surface area contributed by atoms with Gasteiger partial charge in [-0.15, -0.1) is 0 Å². The van der Waals surface area contributed by atoms with Crippen molar-refractivity contribution in [2.24, 2.45) is 5.92 Å². The summed E-state index contributed by atoms with van der Waals surface area (Å²) in [4.78, 5) is 4.62. The Hall–Kier alpha value is -1.06. The van der Waals surface area contributed by atoms with Gasteiger partial charge in [-0.05, 0) is 49.7 Å². The Kier molecular flexibility index (Phi) is 8.43. The van der Waals surface area contributed by atoms with Crippen LogP contribution in [0.1, 0.15) is 30.5 Å². The zero-order chi connectivity index (χ0) is 19.1. The van der Waals surface area contributed by atoms with Crippen LogP contribution in [-0.2, 0) is 19.5 Å². The Bertz CT molecular complexity index is 678. The van der Waals surface area contributed by atoms with Gasteiger partial charge in [-0.2, -0.15) is 0 Å². The molecular formula is C22H30Cl2N2. The summed E-state index contributed by atoms with van der Waals surface area (Å²) >= 11 is 12.8. The molecular weight excluding hydrogens is 363 g/mol. The Morgan fingerprint density at radius 3 is 2.08 bits per heavy atom. The van der Waals surface area contributed by atoms with E-state index in [1.54, 1.807) is 0 Å². The summed E-state index contributed by atoms with van der Waals surface area (Å²) in [5, 5.41) is 1.47. The van der Waals surface area contributed by atoms with Crippen molar-refractivity contribution in [3.8, 4) is 0 Å². The minimum Gasteiger partial charge on any atom is -0.308 e. The zero-order valence-corrected chi connectivity index (χ0v) is 17.8. The number of rotatable bonds is 9. The fourth-order valence-corrected chi connectivity index (χ4v) is 3.56. The summed E-state index contributed by atoms with van der Waals surface area (Å²) in [6.07, 6.45) is 1.11. The molecule has 0 radical (unpaired) electrons. The molecule has 2 aromatic rings. The molecule has 0 saturated heterocycles. The molecule has 0 N–H and O–H groups in total. The molecule has 0 unspecified atom stereocenters. The van der Waals surface area contributed by atoms with Crippen LogP contribution >= 0.6 is 23.2 Å². The van der Waals surface area contributed by atoms with Crippen LogP contribution in [0.15, 0.2) is 42.5 Å². The third-order valence-corrected chi connectivity index (χ3v) is 5.06. The van der Waals surface area contributed by atoms with Gasteiger partial charge in [0.2, 0.25) is 0 Å². The molecule has 26 heavy (non-hydrogen) atoms. The molecule has 0 aliphatic heterocycles. The fourth-order valence-electron chi connectivity index (χ4n) is 3.05. The van der Waals surface area contributed by atoms with E-state index in [4.69, 9.17) is 23.2 Å². The lowest BCUT2D eigenvalue weighted by Gasteiger charge is -2.25. The minimum absolute atomic E-state index is 0.664. The number of benzene rings is 2. The predicted molar refractivity (Wildman–Crippen MR) is 114 cm³/mol. The Morgan fingerprint density at radius 2 is 1.46 bits per heavy atom. The van der Waals surface area contributed by atoms with E-state index >= 15 is 0 Å². The topological polar surface area (TPSA) is 6.48 Å². The zero-order valence-electron chi connectivity index (χ0n) is 16.3. The third-order valence-electron chi connectivity index (χ3n) is 4.35. The molecule has 4 heteroatoms. The van der Waals surface area contributed by atoms with Gasteiger partial charge in [0.1, 0.15) is 0 Å². The maximum Gasteiger partial charge on any atom is 0.0465 e. The summed E-state index contributed by atoms with van der Waals surface area (Å²) in [6.45, 7) is 8.11. The lowest BCUT2D eigenvalue weighted by atomic mass is 10.0. The molecule has 0 aliphatic rings. The van der Waals surface area contributed by atoms with Gasteiger partial charge in [0.15, 0.2) is 0 Å². The Morgan fingerprint density at radius 1 is 0.846 bits per heavy atom. The maximum atomic E-state index is 6.40. The van der Waals surface area contributed by atoms with Crippen LogP contribution in [0.3, 0.4) is 0 Å². The summed E-state index contributed by atoms with van der Waals surface area (Å²) in [5.74, 6) is 0.664. The fraction of sp³-hybridized carbons (Fsp3) is 0.455. The van der Waals surface area contributed by atoms with Crippen molar-refractivity contribution in [3.05, 3.63) is 69.2 Å². The van der Waals surface area contributed by atoms with E-state index in [2.05, 4.69) is 62.0 Å². The minimum atomic E-state index is 0.664. The molecule has 142 valence electrons. The second kappa shape index (κ2) is 10.3. The van der Waals surface area contributed by atoms with Gasteiger partial charge in [-0.1, -0.05) is 67.4 Å². The van der Waals surface area contributed by atoms with Crippen LogP contribution in [-0.4, -0.2) is 37.0 Å². The molecule has 0 amide bonds. The first kappa shape index (κ1) is 21.2. The number of nitrogens with zero attached hydrogens (tertiary/aromatic N) is 2. The highest BCUT2D eigenvalue weighted by atomic mass is 35.5. The summed E-state index contributed by atoms with van der Waals surface area (Å²) in [5.41, 5.74) is 3.75. The van der Waals surface area contributed by atoms with E-state index in [9.17, 15) is 0 Å². The quantitative estimate of drug-likeness (QED) is 0.535. The van der Waals surface area contributed by atoms with Crippen LogP contribution in [0.25, 0.3) is 0 Å². The number of halogens is 2. The number of hydrogen-bond acceptors (Lipinski definition) is 2. The standard InChI is InChI=1S/C22H30Cl2N2/c1-17(2)13-18-7-5-8-19(14-18)15-26(12-11-25(3)4)16-20-21(23)9-6-10-22(20)24/h5-10,14,17H,11-13,15-16H2,1-4H3. The average molecular weight is 393 g/mol. The van der Waals surface area contributed by atoms with E-state index in [0.717, 1.165) is 48.2 Å². The molecule has 0 heterocycles. The summed E-state index contributed by atoms with van der Waals surface area (Å²) in [6, 6.07) is 14.6. The number of hydrogen-bond donors (Lipinski definition) is 0. The first-order valence-corrected chi connectivity index (χ1v) is 9.98. The van der Waals surface area contributed by atoms with E-state index in [1.165, 1.54) is 11.1 Å². The van der Waals surface area contributed by atoms with Crippen molar-refractivity contribution in [3.63, 3.8) is 0 Å². The SMILES string of the molecule is CC(C)Cc1cccc(CN(CCN(C)C)Cc2c(Cl)cccc2Cl)c1. The van der Waals surface area contributed by atoms with Crippen LogP contribution in [0.5, 0.6) is 0 Å². The van der Waals surface area contributed by atoms with Gasteiger partial charge >= 0.3 is 0 Å². The molecule has 0 saturated carbocycles. The summed E-state index contributed by atoms with van der Waals surface area (Å²) in [7, 11) is 4.20. The molecule has 2 nitrogen and oxygen atoms in total. The molecule has 0 bridgehead atoms. The normalized spacial score (nSPS) is 11.7. The van der Waals surface area contributed by atoms with Crippen LogP contribution in [0, 0.1) is 5.92 Å². The highest BCUT2D eigenvalue weighted by Crippen LogP contribution is 2.26. The molecule has 0 atom stereocenters. The van der Waals surface area contributed by atoms with Crippen molar-refractivity contribution >= 4 is 23.2 Å². The molecule has 2 rings (SSSR count). The predicted octanol–water partition coefficient (Wildman–Crippen LogP) is 5.76. The average Bonchev–Trinajstić information content (AvgIpc) is 2.55. The van der Waals surface area contributed by atoms with Crippen molar-refractivity contribution < 1.29 is 0 Å². The highest BCUT2D eigenvalue weighted by molar-refractivity contribution is 6.35. The van der Waals surface area contributed by atoms with Gasteiger partial charge < -0.3 is 4.90 Å². The molecule has 0 fully saturated rings. The second-order valence-electron chi connectivity index (χ2n) is 7.63. The highest BCUT2D eigenvalue weighted by Gasteiger charge is 2.13. The van der Waals surface area contributed by atoms with Crippen LogP contribution in [0.4, 0.5) is 0 Å². The van der Waals surface area contributed by atoms with Crippen LogP contribution in [0.2, 0.25) is 10.0 Å². The van der Waals surface area contributed by atoms with Gasteiger partial charge in [0, 0.05) is 41.8 Å². The lowest BCUT2D eigenvalue weighted by Crippen LogP contribution is -2.31. The maximum absolute atomic E-state index is 6.40. The van der Waals surface area contributed by atoms with Gasteiger partial charge in [-0.3, -0.25) is 4.90 Å². The Labute approximate surface area is 168 Å². The molecule has 0 aromatic heterocycles. The van der Waals surface area contributed by atoms with Crippen molar-refractivity contribution in [1.29, 1.82) is 0 Å². The van der Waals surface area contributed by atoms with Crippen molar-refractivity contribution in [1.82, 2.24) is 9.80 Å². The molecule has 2 aromatic carbocycles. The van der Waals surface area contributed by atoms with Crippen molar-refractivity contribution in [2.45, 2.75) is 33.4 Å². The van der Waals surface area contributed by atoms with E-state index < -0.39 is 0 Å². The van der Waals surface area contributed by atoms with E-state index in [-0.39, 0.29) is 0 Å². The third kappa shape index (κ3) is 6.92. The second-order valence-corrected chi connectivity index (χ2v) is 8.45. The number of likely N-dealkylation sites (N-methyl/N-ethyl adjacent to an activating group) is 1. The monoisotopic (exact) mass is 392 g/mol. The first-order valence-electron chi connectivity index (χ1n) is 9.23.